The molecule has 0 aliphatic heterocycles. The Morgan fingerprint density at radius 2 is 1.74 bits per heavy atom. The third-order valence-corrected chi connectivity index (χ3v) is 3.83. The van der Waals surface area contributed by atoms with E-state index in [0.29, 0.717) is 5.75 Å². The minimum Gasteiger partial charge on any atom is -0.507 e. The van der Waals surface area contributed by atoms with Crippen molar-refractivity contribution < 1.29 is 5.11 Å². The van der Waals surface area contributed by atoms with Crippen LogP contribution in [0, 0.1) is 0 Å². The molecule has 0 saturated carbocycles. The van der Waals surface area contributed by atoms with Crippen molar-refractivity contribution in [3.05, 3.63) is 59.7 Å². The summed E-state index contributed by atoms with van der Waals surface area (Å²) >= 11 is 0. The van der Waals surface area contributed by atoms with E-state index in [1.54, 1.807) is 6.07 Å². The fraction of sp³-hybridized carbons (Fsp3) is 0.118. The van der Waals surface area contributed by atoms with Gasteiger partial charge in [0.2, 0.25) is 0 Å². The number of aromatic hydroxyl groups is 1. The van der Waals surface area contributed by atoms with Crippen molar-refractivity contribution in [3.8, 4) is 17.0 Å². The minimum atomic E-state index is 0.334. The SMILES string of the molecule is Oc1cccc2c1-c1nc3ccccc3cc1CC2. The van der Waals surface area contributed by atoms with E-state index < -0.39 is 0 Å². The fourth-order valence-electron chi connectivity index (χ4n) is 2.90. The molecular formula is C17H13NO. The van der Waals surface area contributed by atoms with Gasteiger partial charge in [-0.2, -0.15) is 0 Å². The molecule has 0 radical (unpaired) electrons. The number of benzene rings is 2. The predicted molar refractivity (Wildman–Crippen MR) is 76.3 cm³/mol. The summed E-state index contributed by atoms with van der Waals surface area (Å²) in [5.41, 5.74) is 5.26. The highest BCUT2D eigenvalue weighted by molar-refractivity contribution is 5.86. The van der Waals surface area contributed by atoms with Crippen LogP contribution in [0.2, 0.25) is 0 Å². The van der Waals surface area contributed by atoms with E-state index in [9.17, 15) is 5.11 Å². The first-order chi connectivity index (χ1) is 9.33. The van der Waals surface area contributed by atoms with Crippen LogP contribution in [0.1, 0.15) is 11.1 Å². The maximum absolute atomic E-state index is 10.1. The van der Waals surface area contributed by atoms with Gasteiger partial charge in [-0.1, -0.05) is 30.3 Å². The summed E-state index contributed by atoms with van der Waals surface area (Å²) in [4.78, 5) is 4.76. The van der Waals surface area contributed by atoms with Gasteiger partial charge in [0.15, 0.2) is 0 Å². The predicted octanol–water partition coefficient (Wildman–Crippen LogP) is 3.71. The van der Waals surface area contributed by atoms with Gasteiger partial charge in [0.1, 0.15) is 5.75 Å². The number of rotatable bonds is 0. The molecule has 0 fully saturated rings. The van der Waals surface area contributed by atoms with Gasteiger partial charge in [0, 0.05) is 10.9 Å². The van der Waals surface area contributed by atoms with Gasteiger partial charge in [0.25, 0.3) is 0 Å². The van der Waals surface area contributed by atoms with E-state index in [1.807, 2.05) is 24.3 Å². The van der Waals surface area contributed by atoms with Gasteiger partial charge >= 0.3 is 0 Å². The van der Waals surface area contributed by atoms with Gasteiger partial charge < -0.3 is 5.11 Å². The lowest BCUT2D eigenvalue weighted by Crippen LogP contribution is -2.06. The molecule has 0 spiro atoms. The van der Waals surface area contributed by atoms with E-state index in [0.717, 1.165) is 29.6 Å². The van der Waals surface area contributed by atoms with Gasteiger partial charge in [-0.15, -0.1) is 0 Å². The maximum atomic E-state index is 10.1. The van der Waals surface area contributed by atoms with E-state index in [1.165, 1.54) is 16.5 Å². The summed E-state index contributed by atoms with van der Waals surface area (Å²) in [6, 6.07) is 16.1. The number of nitrogens with zero attached hydrogens (tertiary/aromatic N) is 1. The lowest BCUT2D eigenvalue weighted by atomic mass is 9.88. The normalized spacial score (nSPS) is 13.1. The number of aromatic nitrogens is 1. The van der Waals surface area contributed by atoms with Crippen molar-refractivity contribution in [2.24, 2.45) is 0 Å². The number of hydrogen-bond donors (Lipinski definition) is 1. The monoisotopic (exact) mass is 247 g/mol. The first kappa shape index (κ1) is 10.6. The average Bonchev–Trinajstić information content (AvgIpc) is 2.45. The Hall–Kier alpha value is -2.35. The highest BCUT2D eigenvalue weighted by Gasteiger charge is 2.20. The molecular weight excluding hydrogens is 234 g/mol. The average molecular weight is 247 g/mol. The largest absolute Gasteiger partial charge is 0.507 e. The summed E-state index contributed by atoms with van der Waals surface area (Å²) in [5.74, 6) is 0.334. The minimum absolute atomic E-state index is 0.334. The van der Waals surface area contributed by atoms with Crippen LogP contribution in [-0.4, -0.2) is 10.1 Å². The molecule has 0 saturated heterocycles. The zero-order chi connectivity index (χ0) is 12.8. The lowest BCUT2D eigenvalue weighted by molar-refractivity contribution is 0.476. The number of fused-ring (bicyclic) bond motifs is 4. The fourth-order valence-corrected chi connectivity index (χ4v) is 2.90. The Morgan fingerprint density at radius 1 is 0.895 bits per heavy atom. The highest BCUT2D eigenvalue weighted by Crippen LogP contribution is 2.39. The van der Waals surface area contributed by atoms with Crippen LogP contribution < -0.4 is 0 Å². The molecule has 2 heteroatoms. The second-order valence-corrected chi connectivity index (χ2v) is 5.00. The standard InChI is InChI=1S/C17H13NO/c19-15-7-3-5-11-8-9-13-10-12-4-1-2-6-14(12)18-17(13)16(11)15/h1-7,10,19H,8-9H2. The summed E-state index contributed by atoms with van der Waals surface area (Å²) in [7, 11) is 0. The molecule has 19 heavy (non-hydrogen) atoms. The second-order valence-electron chi connectivity index (χ2n) is 5.00. The molecule has 92 valence electrons. The third-order valence-electron chi connectivity index (χ3n) is 3.83. The second kappa shape index (κ2) is 3.82. The number of pyridine rings is 1. The Bertz CT molecular complexity index is 792. The third kappa shape index (κ3) is 1.53. The number of hydrogen-bond acceptors (Lipinski definition) is 2. The van der Waals surface area contributed by atoms with Crippen molar-refractivity contribution in [2.75, 3.05) is 0 Å². The van der Waals surface area contributed by atoms with Gasteiger partial charge in [-0.05, 0) is 42.2 Å². The zero-order valence-corrected chi connectivity index (χ0v) is 10.4. The van der Waals surface area contributed by atoms with Crippen molar-refractivity contribution in [3.63, 3.8) is 0 Å². The molecule has 0 amide bonds. The molecule has 1 heterocycles. The van der Waals surface area contributed by atoms with Crippen LogP contribution >= 0.6 is 0 Å². The van der Waals surface area contributed by atoms with Crippen molar-refractivity contribution in [1.82, 2.24) is 4.98 Å². The van der Waals surface area contributed by atoms with Crippen LogP contribution in [0.5, 0.6) is 5.75 Å². The van der Waals surface area contributed by atoms with Crippen LogP contribution in [-0.2, 0) is 12.8 Å². The summed E-state index contributed by atoms with van der Waals surface area (Å²) in [5, 5.41) is 11.3. The van der Waals surface area contributed by atoms with Crippen LogP contribution in [0.25, 0.3) is 22.2 Å². The highest BCUT2D eigenvalue weighted by atomic mass is 16.3. The van der Waals surface area contributed by atoms with Crippen molar-refractivity contribution in [1.29, 1.82) is 0 Å². The molecule has 1 aliphatic rings. The molecule has 0 bridgehead atoms. The van der Waals surface area contributed by atoms with Crippen molar-refractivity contribution >= 4 is 10.9 Å². The first-order valence-corrected chi connectivity index (χ1v) is 6.53. The van der Waals surface area contributed by atoms with Crippen LogP contribution in [0.15, 0.2) is 48.5 Å². The van der Waals surface area contributed by atoms with Gasteiger partial charge in [0.05, 0.1) is 11.2 Å². The Balaban J connectivity index is 2.08. The Labute approximate surface area is 111 Å². The van der Waals surface area contributed by atoms with E-state index in [4.69, 9.17) is 4.98 Å². The van der Waals surface area contributed by atoms with Crippen LogP contribution in [0.3, 0.4) is 0 Å². The zero-order valence-electron chi connectivity index (χ0n) is 10.4. The maximum Gasteiger partial charge on any atom is 0.125 e. The van der Waals surface area contributed by atoms with E-state index in [2.05, 4.69) is 18.2 Å². The molecule has 0 unspecified atom stereocenters. The quantitative estimate of drug-likeness (QED) is 0.657. The molecule has 4 rings (SSSR count). The number of para-hydroxylation sites is 1. The van der Waals surface area contributed by atoms with E-state index >= 15 is 0 Å². The molecule has 3 aromatic rings. The Kier molecular flexibility index (Phi) is 2.12. The Morgan fingerprint density at radius 3 is 2.68 bits per heavy atom. The molecule has 0 atom stereocenters. The molecule has 1 aromatic heterocycles. The van der Waals surface area contributed by atoms with Gasteiger partial charge in [-0.3, -0.25) is 0 Å². The van der Waals surface area contributed by atoms with Crippen molar-refractivity contribution in [2.45, 2.75) is 12.8 Å². The first-order valence-electron chi connectivity index (χ1n) is 6.53. The van der Waals surface area contributed by atoms with Gasteiger partial charge in [-0.25, -0.2) is 4.98 Å². The number of aryl methyl sites for hydroxylation is 2. The summed E-state index contributed by atoms with van der Waals surface area (Å²) in [6.07, 6.45) is 1.96. The number of phenols is 1. The lowest BCUT2D eigenvalue weighted by Gasteiger charge is -2.20. The smallest absolute Gasteiger partial charge is 0.125 e. The summed E-state index contributed by atoms with van der Waals surface area (Å²) in [6.45, 7) is 0. The molecule has 2 aromatic carbocycles. The topological polar surface area (TPSA) is 33.1 Å². The van der Waals surface area contributed by atoms with E-state index in [-0.39, 0.29) is 0 Å². The molecule has 1 aliphatic carbocycles. The molecule has 2 nitrogen and oxygen atoms in total. The summed E-state index contributed by atoms with van der Waals surface area (Å²) < 4.78 is 0. The molecule has 1 N–H and O–H groups in total. The van der Waals surface area contributed by atoms with Crippen LogP contribution in [0.4, 0.5) is 0 Å². The number of phenolic OH excluding ortho intramolecular Hbond substituents is 1.